The maximum absolute atomic E-state index is 14.3. The Morgan fingerprint density at radius 2 is 2.18 bits per heavy atom. The fraction of sp³-hybridized carbons (Fsp3) is 0.368. The first-order chi connectivity index (χ1) is 13.5. The molecule has 2 aromatic heterocycles. The van der Waals surface area contributed by atoms with Crippen LogP contribution in [-0.4, -0.2) is 38.7 Å². The third-order valence-electron chi connectivity index (χ3n) is 5.13. The molecule has 1 aliphatic heterocycles. The maximum atomic E-state index is 14.3. The van der Waals surface area contributed by atoms with Gasteiger partial charge in [0.1, 0.15) is 12.1 Å². The van der Waals surface area contributed by atoms with E-state index >= 15 is 0 Å². The number of thiazole rings is 1. The number of nitrogens with zero attached hydrogens (tertiary/aromatic N) is 5. The monoisotopic (exact) mass is 400 g/mol. The van der Waals surface area contributed by atoms with Crippen molar-refractivity contribution in [3.05, 3.63) is 59.4 Å². The van der Waals surface area contributed by atoms with Crippen molar-refractivity contribution < 1.29 is 9.18 Å². The predicted octanol–water partition coefficient (Wildman–Crippen LogP) is 2.34. The number of hydrogen-bond acceptors (Lipinski definition) is 6. The third-order valence-corrected chi connectivity index (χ3v) is 5.96. The number of carbonyl (C=O) groups excluding carboxylic acids is 1. The molecule has 4 rings (SSSR count). The molecule has 1 N–H and O–H groups in total. The summed E-state index contributed by atoms with van der Waals surface area (Å²) in [5.74, 6) is 0.272. The van der Waals surface area contributed by atoms with Crippen molar-refractivity contribution in [1.82, 2.24) is 25.1 Å². The highest BCUT2D eigenvalue weighted by atomic mass is 32.1. The van der Waals surface area contributed by atoms with Crippen LogP contribution in [-0.2, 0) is 18.3 Å². The van der Waals surface area contributed by atoms with Crippen molar-refractivity contribution in [3.63, 3.8) is 0 Å². The van der Waals surface area contributed by atoms with E-state index in [4.69, 9.17) is 0 Å². The van der Waals surface area contributed by atoms with Crippen molar-refractivity contribution in [2.24, 2.45) is 12.5 Å². The summed E-state index contributed by atoms with van der Waals surface area (Å²) >= 11 is 1.53. The number of benzene rings is 1. The fourth-order valence-electron chi connectivity index (χ4n) is 3.63. The highest BCUT2D eigenvalue weighted by molar-refractivity contribution is 7.13. The quantitative estimate of drug-likeness (QED) is 0.687. The second kappa shape index (κ2) is 7.31. The van der Waals surface area contributed by atoms with Crippen molar-refractivity contribution in [1.29, 1.82) is 0 Å². The lowest BCUT2D eigenvalue weighted by Gasteiger charge is -2.49. The molecule has 1 aliphatic rings. The zero-order valence-corrected chi connectivity index (χ0v) is 16.5. The molecule has 0 radical (unpaired) electrons. The average molecular weight is 400 g/mol. The molecule has 1 saturated heterocycles. The molecule has 1 amide bonds. The van der Waals surface area contributed by atoms with Gasteiger partial charge in [-0.15, -0.1) is 21.5 Å². The number of amides is 1. The van der Waals surface area contributed by atoms with Crippen molar-refractivity contribution in [2.75, 3.05) is 18.0 Å². The summed E-state index contributed by atoms with van der Waals surface area (Å²) in [5, 5.41) is 13.8. The Kier molecular flexibility index (Phi) is 4.84. The maximum Gasteiger partial charge on any atom is 0.230 e. The van der Waals surface area contributed by atoms with Gasteiger partial charge < -0.3 is 14.8 Å². The van der Waals surface area contributed by atoms with Crippen LogP contribution in [0, 0.1) is 11.2 Å². The van der Waals surface area contributed by atoms with Gasteiger partial charge >= 0.3 is 0 Å². The van der Waals surface area contributed by atoms with Crippen molar-refractivity contribution in [2.45, 2.75) is 19.4 Å². The summed E-state index contributed by atoms with van der Waals surface area (Å²) in [6.07, 6.45) is 3.67. The lowest BCUT2D eigenvalue weighted by Crippen LogP contribution is -2.64. The van der Waals surface area contributed by atoms with E-state index in [2.05, 4.69) is 25.4 Å². The van der Waals surface area contributed by atoms with Crippen LogP contribution < -0.4 is 10.2 Å². The van der Waals surface area contributed by atoms with Crippen molar-refractivity contribution >= 4 is 22.4 Å². The molecule has 3 heterocycles. The lowest BCUT2D eigenvalue weighted by atomic mass is 9.73. The van der Waals surface area contributed by atoms with Gasteiger partial charge in [0, 0.05) is 31.7 Å². The minimum absolute atomic E-state index is 0.112. The first-order valence-corrected chi connectivity index (χ1v) is 9.89. The molecule has 28 heavy (non-hydrogen) atoms. The van der Waals surface area contributed by atoms with Gasteiger partial charge in [0.05, 0.1) is 11.5 Å². The fourth-order valence-corrected chi connectivity index (χ4v) is 4.28. The van der Waals surface area contributed by atoms with Gasteiger partial charge in [-0.2, -0.15) is 0 Å². The van der Waals surface area contributed by atoms with E-state index < -0.39 is 5.41 Å². The van der Waals surface area contributed by atoms with E-state index in [1.54, 1.807) is 35.3 Å². The summed E-state index contributed by atoms with van der Waals surface area (Å²) in [4.78, 5) is 19.6. The van der Waals surface area contributed by atoms with E-state index in [1.807, 2.05) is 19.4 Å². The standard InChI is InChI=1S/C19H21FN6OS/c1-13(16-24-22-12-25(16)2)23-17(27)19(9-14-5-3-4-6-15(14)20)10-26(11-19)18-21-7-8-28-18/h3-8,12-13H,9-11H2,1-2H3,(H,23,27). The van der Waals surface area contributed by atoms with E-state index in [9.17, 15) is 9.18 Å². The first-order valence-electron chi connectivity index (χ1n) is 9.01. The Hall–Kier alpha value is -2.81. The number of nitrogens with one attached hydrogen (secondary N) is 1. The molecule has 1 fully saturated rings. The molecule has 146 valence electrons. The number of hydrogen-bond donors (Lipinski definition) is 1. The Balaban J connectivity index is 1.55. The summed E-state index contributed by atoms with van der Waals surface area (Å²) in [7, 11) is 1.83. The van der Waals surface area contributed by atoms with Crippen LogP contribution in [0.2, 0.25) is 0 Å². The van der Waals surface area contributed by atoms with E-state index in [1.165, 1.54) is 17.4 Å². The van der Waals surface area contributed by atoms with Crippen LogP contribution in [0.5, 0.6) is 0 Å². The van der Waals surface area contributed by atoms with Gasteiger partial charge in [0.15, 0.2) is 11.0 Å². The van der Waals surface area contributed by atoms with Crippen LogP contribution in [0.4, 0.5) is 9.52 Å². The van der Waals surface area contributed by atoms with Gasteiger partial charge in [0.2, 0.25) is 5.91 Å². The van der Waals surface area contributed by atoms with Gasteiger partial charge in [-0.1, -0.05) is 18.2 Å². The molecule has 0 bridgehead atoms. The highest BCUT2D eigenvalue weighted by Gasteiger charge is 2.50. The summed E-state index contributed by atoms with van der Waals surface area (Å²) < 4.78 is 16.1. The van der Waals surface area contributed by atoms with Gasteiger partial charge in [-0.25, -0.2) is 9.37 Å². The number of halogens is 1. The molecule has 0 aliphatic carbocycles. The summed E-state index contributed by atoms with van der Waals surface area (Å²) in [6, 6.07) is 6.32. The Labute approximate surface area is 166 Å². The van der Waals surface area contributed by atoms with Crippen molar-refractivity contribution in [3.8, 4) is 0 Å². The van der Waals surface area contributed by atoms with Crippen LogP contribution in [0.1, 0.15) is 24.4 Å². The zero-order valence-electron chi connectivity index (χ0n) is 15.7. The number of aryl methyl sites for hydroxylation is 1. The third kappa shape index (κ3) is 3.37. The average Bonchev–Trinajstić information content (AvgIpc) is 3.30. The number of anilines is 1. The summed E-state index contributed by atoms with van der Waals surface area (Å²) in [6.45, 7) is 2.86. The normalized spacial score (nSPS) is 16.5. The number of aromatic nitrogens is 4. The first kappa shape index (κ1) is 18.5. The molecule has 0 spiro atoms. The van der Waals surface area contributed by atoms with Crippen LogP contribution in [0.3, 0.4) is 0 Å². The minimum atomic E-state index is -0.722. The highest BCUT2D eigenvalue weighted by Crippen LogP contribution is 2.39. The summed E-state index contributed by atoms with van der Waals surface area (Å²) in [5.41, 5.74) is -0.177. The van der Waals surface area contributed by atoms with Crippen LogP contribution in [0.25, 0.3) is 0 Å². The van der Waals surface area contributed by atoms with Gasteiger partial charge in [-0.05, 0) is 25.0 Å². The topological polar surface area (TPSA) is 75.9 Å². The Bertz CT molecular complexity index is 966. The van der Waals surface area contributed by atoms with E-state index in [0.717, 1.165) is 5.13 Å². The molecule has 7 nitrogen and oxygen atoms in total. The number of carbonyl (C=O) groups is 1. The van der Waals surface area contributed by atoms with Crippen LogP contribution >= 0.6 is 11.3 Å². The molecule has 3 aromatic rings. The Morgan fingerprint density at radius 3 is 2.82 bits per heavy atom. The second-order valence-corrected chi connectivity index (χ2v) is 8.09. The van der Waals surface area contributed by atoms with E-state index in [-0.39, 0.29) is 17.8 Å². The molecule has 1 unspecified atom stereocenters. The molecular formula is C19H21FN6OS. The zero-order chi connectivity index (χ0) is 19.7. The minimum Gasteiger partial charge on any atom is -0.346 e. The molecule has 9 heteroatoms. The lowest BCUT2D eigenvalue weighted by molar-refractivity contribution is -0.133. The molecular weight excluding hydrogens is 379 g/mol. The predicted molar refractivity (Wildman–Crippen MR) is 104 cm³/mol. The van der Waals surface area contributed by atoms with Crippen LogP contribution in [0.15, 0.2) is 42.2 Å². The molecule has 0 saturated carbocycles. The smallest absolute Gasteiger partial charge is 0.230 e. The van der Waals surface area contributed by atoms with E-state index in [0.29, 0.717) is 30.9 Å². The Morgan fingerprint density at radius 1 is 1.39 bits per heavy atom. The second-order valence-electron chi connectivity index (χ2n) is 7.21. The SMILES string of the molecule is CC(NC(=O)C1(Cc2ccccc2F)CN(c2nccs2)C1)c1nncn1C. The van der Waals surface area contributed by atoms with Gasteiger partial charge in [0.25, 0.3) is 0 Å². The molecule has 1 aromatic carbocycles. The number of rotatable bonds is 6. The van der Waals surface area contributed by atoms with Gasteiger partial charge in [-0.3, -0.25) is 4.79 Å². The molecule has 1 atom stereocenters. The largest absolute Gasteiger partial charge is 0.346 e.